The third-order valence-electron chi connectivity index (χ3n) is 2.70. The standard InChI is InChI=1S/C12H11ClN8/c1-8(9-4-2-3-5-15-9)17-11-18-10(13)19-12(20-11)21-7-14-6-16-21/h2-8H,1H3,(H,17,18,19,20). The minimum Gasteiger partial charge on any atom is -0.346 e. The van der Waals surface area contributed by atoms with E-state index < -0.39 is 0 Å². The van der Waals surface area contributed by atoms with Crippen LogP contribution < -0.4 is 5.32 Å². The SMILES string of the molecule is CC(Nc1nc(Cl)nc(-n2cncn2)n1)c1ccccn1. The second-order valence-corrected chi connectivity index (χ2v) is 4.53. The van der Waals surface area contributed by atoms with Crippen LogP contribution in [0.25, 0.3) is 5.95 Å². The summed E-state index contributed by atoms with van der Waals surface area (Å²) in [6.07, 6.45) is 4.60. The van der Waals surface area contributed by atoms with Gasteiger partial charge in [0.1, 0.15) is 12.7 Å². The van der Waals surface area contributed by atoms with Crippen LogP contribution >= 0.6 is 11.6 Å². The Morgan fingerprint density at radius 3 is 2.86 bits per heavy atom. The van der Waals surface area contributed by atoms with Crippen LogP contribution in [0.15, 0.2) is 37.1 Å². The van der Waals surface area contributed by atoms with Crippen molar-refractivity contribution >= 4 is 17.5 Å². The third kappa shape index (κ3) is 3.11. The van der Waals surface area contributed by atoms with Crippen molar-refractivity contribution < 1.29 is 0 Å². The summed E-state index contributed by atoms with van der Waals surface area (Å²) in [5.41, 5.74) is 0.872. The van der Waals surface area contributed by atoms with Crippen molar-refractivity contribution in [2.45, 2.75) is 13.0 Å². The number of nitrogens with zero attached hydrogens (tertiary/aromatic N) is 7. The van der Waals surface area contributed by atoms with Gasteiger partial charge in [0.05, 0.1) is 11.7 Å². The molecule has 21 heavy (non-hydrogen) atoms. The summed E-state index contributed by atoms with van der Waals surface area (Å²) in [6, 6.07) is 5.62. The lowest BCUT2D eigenvalue weighted by atomic mass is 10.2. The van der Waals surface area contributed by atoms with E-state index in [4.69, 9.17) is 11.6 Å². The first-order valence-corrected chi connectivity index (χ1v) is 6.54. The van der Waals surface area contributed by atoms with Crippen molar-refractivity contribution in [3.63, 3.8) is 0 Å². The van der Waals surface area contributed by atoms with Crippen LogP contribution in [-0.2, 0) is 0 Å². The molecule has 3 aromatic heterocycles. The Hall–Kier alpha value is -2.61. The van der Waals surface area contributed by atoms with Crippen LogP contribution in [0.1, 0.15) is 18.7 Å². The average molecular weight is 303 g/mol. The molecule has 1 unspecified atom stereocenters. The van der Waals surface area contributed by atoms with Crippen molar-refractivity contribution in [1.29, 1.82) is 0 Å². The fourth-order valence-electron chi connectivity index (χ4n) is 1.72. The normalized spacial score (nSPS) is 12.1. The fourth-order valence-corrected chi connectivity index (χ4v) is 1.87. The first kappa shape index (κ1) is 13.4. The van der Waals surface area contributed by atoms with E-state index in [-0.39, 0.29) is 11.3 Å². The highest BCUT2D eigenvalue weighted by atomic mass is 35.5. The first-order chi connectivity index (χ1) is 10.2. The summed E-state index contributed by atoms with van der Waals surface area (Å²) >= 11 is 5.92. The smallest absolute Gasteiger partial charge is 0.258 e. The summed E-state index contributed by atoms with van der Waals surface area (Å²) in [7, 11) is 0. The number of nitrogens with one attached hydrogen (secondary N) is 1. The molecule has 0 bridgehead atoms. The lowest BCUT2D eigenvalue weighted by Crippen LogP contribution is -2.13. The molecule has 8 nitrogen and oxygen atoms in total. The molecule has 0 aliphatic rings. The van der Waals surface area contributed by atoms with Crippen LogP contribution in [0.3, 0.4) is 0 Å². The van der Waals surface area contributed by atoms with E-state index in [1.165, 1.54) is 17.3 Å². The molecular weight excluding hydrogens is 292 g/mol. The van der Waals surface area contributed by atoms with E-state index in [9.17, 15) is 0 Å². The molecule has 0 amide bonds. The predicted molar refractivity (Wildman–Crippen MR) is 76.0 cm³/mol. The van der Waals surface area contributed by atoms with Gasteiger partial charge in [-0.25, -0.2) is 4.98 Å². The predicted octanol–water partition coefficient (Wildman–Crippen LogP) is 1.67. The highest BCUT2D eigenvalue weighted by molar-refractivity contribution is 6.28. The summed E-state index contributed by atoms with van der Waals surface area (Å²) in [5.74, 6) is 0.641. The van der Waals surface area contributed by atoms with Crippen LogP contribution in [0.2, 0.25) is 5.28 Å². The zero-order valence-corrected chi connectivity index (χ0v) is 11.8. The molecule has 3 rings (SSSR count). The number of pyridine rings is 1. The van der Waals surface area contributed by atoms with Crippen LogP contribution in [0.5, 0.6) is 0 Å². The van der Waals surface area contributed by atoms with Crippen molar-refractivity contribution in [3.8, 4) is 5.95 Å². The molecule has 0 radical (unpaired) electrons. The first-order valence-electron chi connectivity index (χ1n) is 6.16. The number of aromatic nitrogens is 7. The summed E-state index contributed by atoms with van der Waals surface area (Å²) in [4.78, 5) is 20.4. The van der Waals surface area contributed by atoms with E-state index >= 15 is 0 Å². The Morgan fingerprint density at radius 1 is 1.24 bits per heavy atom. The summed E-state index contributed by atoms with van der Waals surface area (Å²) < 4.78 is 1.41. The minimum atomic E-state index is -0.0757. The monoisotopic (exact) mass is 302 g/mol. The molecule has 0 saturated heterocycles. The molecule has 0 aliphatic carbocycles. The second kappa shape index (κ2) is 5.80. The van der Waals surface area contributed by atoms with Crippen LogP contribution in [0.4, 0.5) is 5.95 Å². The summed E-state index contributed by atoms with van der Waals surface area (Å²) in [6.45, 7) is 1.95. The summed E-state index contributed by atoms with van der Waals surface area (Å²) in [5, 5.41) is 7.17. The van der Waals surface area contributed by atoms with Crippen LogP contribution in [-0.4, -0.2) is 34.7 Å². The van der Waals surface area contributed by atoms with E-state index in [0.717, 1.165) is 5.69 Å². The second-order valence-electron chi connectivity index (χ2n) is 4.19. The number of rotatable bonds is 4. The maximum atomic E-state index is 5.92. The van der Waals surface area contributed by atoms with E-state index in [2.05, 4.69) is 35.3 Å². The number of halogens is 1. The number of hydrogen-bond donors (Lipinski definition) is 1. The van der Waals surface area contributed by atoms with E-state index in [1.54, 1.807) is 6.20 Å². The topological polar surface area (TPSA) is 94.3 Å². The molecule has 0 saturated carbocycles. The average Bonchev–Trinajstić information content (AvgIpc) is 3.02. The Kier molecular flexibility index (Phi) is 3.69. The van der Waals surface area contributed by atoms with E-state index in [0.29, 0.717) is 11.9 Å². The Balaban J connectivity index is 1.86. The zero-order valence-electron chi connectivity index (χ0n) is 11.0. The van der Waals surface area contributed by atoms with Gasteiger partial charge in [-0.3, -0.25) is 4.98 Å². The van der Waals surface area contributed by atoms with Gasteiger partial charge in [0.2, 0.25) is 11.2 Å². The van der Waals surface area contributed by atoms with Crippen LogP contribution in [0, 0.1) is 0 Å². The van der Waals surface area contributed by atoms with Gasteiger partial charge in [0.25, 0.3) is 5.95 Å². The van der Waals surface area contributed by atoms with Gasteiger partial charge in [-0.1, -0.05) is 6.07 Å². The van der Waals surface area contributed by atoms with Gasteiger partial charge in [0.15, 0.2) is 0 Å². The maximum Gasteiger partial charge on any atom is 0.258 e. The molecule has 0 aliphatic heterocycles. The number of anilines is 1. The molecule has 0 spiro atoms. The Bertz CT molecular complexity index is 715. The largest absolute Gasteiger partial charge is 0.346 e. The highest BCUT2D eigenvalue weighted by Crippen LogP contribution is 2.16. The van der Waals surface area contributed by atoms with Gasteiger partial charge < -0.3 is 5.32 Å². The quantitative estimate of drug-likeness (QED) is 0.783. The molecule has 3 heterocycles. The lowest BCUT2D eigenvalue weighted by Gasteiger charge is -2.13. The van der Waals surface area contributed by atoms with E-state index in [1.807, 2.05) is 25.1 Å². The van der Waals surface area contributed by atoms with Gasteiger partial charge >= 0.3 is 0 Å². The molecule has 1 N–H and O–H groups in total. The molecule has 0 fully saturated rings. The highest BCUT2D eigenvalue weighted by Gasteiger charge is 2.11. The minimum absolute atomic E-state index is 0.0752. The Labute approximate surface area is 125 Å². The molecule has 3 aromatic rings. The molecule has 1 atom stereocenters. The van der Waals surface area contributed by atoms with Crippen molar-refractivity contribution in [3.05, 3.63) is 48.0 Å². The third-order valence-corrected chi connectivity index (χ3v) is 2.87. The maximum absolute atomic E-state index is 5.92. The van der Waals surface area contributed by atoms with Gasteiger partial charge in [-0.05, 0) is 30.7 Å². The molecule has 9 heteroatoms. The van der Waals surface area contributed by atoms with Gasteiger partial charge in [-0.2, -0.15) is 24.7 Å². The van der Waals surface area contributed by atoms with Crippen molar-refractivity contribution in [2.75, 3.05) is 5.32 Å². The Morgan fingerprint density at radius 2 is 2.14 bits per heavy atom. The molecular formula is C12H11ClN8. The molecule has 106 valence electrons. The van der Waals surface area contributed by atoms with Crippen molar-refractivity contribution in [1.82, 2.24) is 34.7 Å². The molecule has 0 aromatic carbocycles. The van der Waals surface area contributed by atoms with Gasteiger partial charge in [-0.15, -0.1) is 0 Å². The fraction of sp³-hybridized carbons (Fsp3) is 0.167. The lowest BCUT2D eigenvalue weighted by molar-refractivity contribution is 0.774. The van der Waals surface area contributed by atoms with Crippen molar-refractivity contribution in [2.24, 2.45) is 0 Å². The zero-order chi connectivity index (χ0) is 14.7. The number of hydrogen-bond acceptors (Lipinski definition) is 7. The van der Waals surface area contributed by atoms with Gasteiger partial charge in [0, 0.05) is 6.20 Å².